The summed E-state index contributed by atoms with van der Waals surface area (Å²) in [6.45, 7) is 12.1. The molecule has 1 unspecified atom stereocenters. The SMILES string of the molecule is CC(=O)O[C@H]1C(=O)[C@@]2(C)[C@H]([C@H](OC(=O)c3ccccc3)[C@]3(O)C[C@H](OC(=O)[C@@H]4O[C@H](C)N(C(=O)c5ccccc5)[C@H]4C4(C)C=CC=CC4)C(C)=C1C3(C)C)[C@]1(OC(C)=[OH+])CO[C@@H]1C[C@@H]2O. The minimum atomic E-state index is -2.32. The van der Waals surface area contributed by atoms with E-state index in [0.29, 0.717) is 12.0 Å². The smallest absolute Gasteiger partial charge is 0.456 e. The Balaban J connectivity index is 1.29. The van der Waals surface area contributed by atoms with Crippen LogP contribution >= 0.6 is 0 Å². The molecule has 8 rings (SSSR count). The third-order valence-corrected chi connectivity index (χ3v) is 15.2. The Morgan fingerprint density at radius 3 is 2.12 bits per heavy atom. The molecule has 0 radical (unpaired) electrons. The zero-order valence-electron chi connectivity index (χ0n) is 37.9. The molecule has 2 aliphatic heterocycles. The van der Waals surface area contributed by atoms with E-state index in [0.717, 1.165) is 6.92 Å². The summed E-state index contributed by atoms with van der Waals surface area (Å²) < 4.78 is 37.5. The van der Waals surface area contributed by atoms with Gasteiger partial charge in [-0.25, -0.2) is 9.59 Å². The van der Waals surface area contributed by atoms with Gasteiger partial charge < -0.3 is 48.3 Å². The molecule has 1 amide bonds. The van der Waals surface area contributed by atoms with E-state index in [9.17, 15) is 29.4 Å². The lowest BCUT2D eigenvalue weighted by Gasteiger charge is -2.65. The fourth-order valence-corrected chi connectivity index (χ4v) is 11.8. The summed E-state index contributed by atoms with van der Waals surface area (Å²) in [5.74, 6) is -5.74. The van der Waals surface area contributed by atoms with Crippen LogP contribution in [-0.2, 0) is 42.8 Å². The molecule has 2 saturated carbocycles. The third-order valence-electron chi connectivity index (χ3n) is 15.2. The summed E-state index contributed by atoms with van der Waals surface area (Å²) in [6, 6.07) is 15.8. The number of carbonyl (C=O) groups excluding carboxylic acids is 6. The fourth-order valence-electron chi connectivity index (χ4n) is 11.8. The molecule has 65 heavy (non-hydrogen) atoms. The molecule has 4 fully saturated rings. The van der Waals surface area contributed by atoms with Gasteiger partial charge in [-0.3, -0.25) is 14.4 Å². The van der Waals surface area contributed by atoms with Crippen molar-refractivity contribution in [2.45, 2.75) is 135 Å². The van der Waals surface area contributed by atoms with E-state index < -0.39 is 118 Å². The van der Waals surface area contributed by atoms with E-state index in [4.69, 9.17) is 28.4 Å². The van der Waals surface area contributed by atoms with Gasteiger partial charge in [-0.2, -0.15) is 0 Å². The van der Waals surface area contributed by atoms with Gasteiger partial charge in [0.05, 0.1) is 36.0 Å². The van der Waals surface area contributed by atoms with E-state index in [1.165, 1.54) is 26.0 Å². The molecule has 2 saturated heterocycles. The van der Waals surface area contributed by atoms with Crippen molar-refractivity contribution in [1.82, 2.24) is 4.90 Å². The van der Waals surface area contributed by atoms with Gasteiger partial charge in [0.15, 0.2) is 18.0 Å². The highest BCUT2D eigenvalue weighted by Gasteiger charge is 2.81. The van der Waals surface area contributed by atoms with Crippen LogP contribution in [0.2, 0.25) is 0 Å². The average Bonchev–Trinajstić information content (AvgIpc) is 3.62. The van der Waals surface area contributed by atoms with Gasteiger partial charge in [0, 0.05) is 36.2 Å². The Morgan fingerprint density at radius 2 is 1.55 bits per heavy atom. The Hall–Kier alpha value is -5.48. The normalized spacial score (nSPS) is 38.0. The molecule has 13 atom stereocenters. The van der Waals surface area contributed by atoms with Crippen molar-refractivity contribution in [1.29, 1.82) is 0 Å². The Labute approximate surface area is 377 Å². The topological polar surface area (TPSA) is 206 Å². The molecule has 0 spiro atoms. The number of nitrogens with zero attached hydrogens (tertiary/aromatic N) is 1. The minimum absolute atomic E-state index is 0.0780. The first-order valence-electron chi connectivity index (χ1n) is 22.1. The quantitative estimate of drug-likeness (QED) is 0.156. The third kappa shape index (κ3) is 7.17. The highest BCUT2D eigenvalue weighted by atomic mass is 16.6. The summed E-state index contributed by atoms with van der Waals surface area (Å²) in [4.78, 5) is 84.9. The zero-order valence-corrected chi connectivity index (χ0v) is 37.9. The number of benzene rings is 2. The largest absolute Gasteiger partial charge is 0.480 e. The van der Waals surface area contributed by atoms with Gasteiger partial charge in [0.2, 0.25) is 0 Å². The Kier molecular flexibility index (Phi) is 11.7. The van der Waals surface area contributed by atoms with Gasteiger partial charge in [-0.05, 0) is 62.6 Å². The number of amides is 1. The zero-order chi connectivity index (χ0) is 47.0. The summed E-state index contributed by atoms with van der Waals surface area (Å²) in [5.41, 5.74) is -7.57. The van der Waals surface area contributed by atoms with Crippen LogP contribution in [-0.4, -0.2) is 122 Å². The van der Waals surface area contributed by atoms with E-state index in [1.54, 1.807) is 81.1 Å². The van der Waals surface area contributed by atoms with Gasteiger partial charge in [0.1, 0.15) is 36.7 Å². The number of rotatable bonds is 8. The molecule has 3 N–H and O–H groups in total. The van der Waals surface area contributed by atoms with Crippen molar-refractivity contribution in [3.63, 3.8) is 0 Å². The van der Waals surface area contributed by atoms with E-state index >= 15 is 9.59 Å². The van der Waals surface area contributed by atoms with Crippen LogP contribution in [0.15, 0.2) is 96.1 Å². The number of Topliss-reactive ketones (excluding diaryl/α,β-unsaturated/α-hetero) is 1. The number of carbonyl (C=O) groups is 5. The predicted octanol–water partition coefficient (Wildman–Crippen LogP) is 4.96. The summed E-state index contributed by atoms with van der Waals surface area (Å²) in [6.07, 6.45) is -2.15. The maximum atomic E-state index is 15.7. The first kappa shape index (κ1) is 46.1. The first-order valence-corrected chi connectivity index (χ1v) is 22.1. The van der Waals surface area contributed by atoms with Crippen LogP contribution in [0.25, 0.3) is 0 Å². The second-order valence-corrected chi connectivity index (χ2v) is 19.4. The van der Waals surface area contributed by atoms with Crippen LogP contribution in [0.5, 0.6) is 0 Å². The molecule has 2 heterocycles. The van der Waals surface area contributed by atoms with Gasteiger partial charge in [-0.1, -0.05) is 81.5 Å². The van der Waals surface area contributed by atoms with Gasteiger partial charge >= 0.3 is 23.9 Å². The first-order chi connectivity index (χ1) is 30.6. The number of ether oxygens (including phenoxy) is 6. The standard InChI is InChI=1S/C50H57NO14/c1-27-33(63-45(58)38-40(47(7)22-16-11-17-23-47)51(28(2)61-38)43(56)31-18-12-9-13-19-31)25-50(59)42(64-44(57)32-20-14-10-15-21-32)39-48(8,34(54)24-35-49(39,26-60-35)65-30(4)53)41(55)37(62-29(3)52)36(27)46(50,5)6/h9-22,28,33-35,37-40,42,54,59H,23-26H2,1-8H3/p+1/t28-,33+,34+,35-,37-,38-,39+,40-,42+,47?,48-,49+,50-/m1/s1. The summed E-state index contributed by atoms with van der Waals surface area (Å²) in [7, 11) is 0. The van der Waals surface area contributed by atoms with Crippen molar-refractivity contribution in [2.24, 2.45) is 22.2 Å². The molecular formula is C50H58NO14+. The number of hydrogen-bond acceptors (Lipinski definition) is 13. The molecule has 6 aliphatic rings. The van der Waals surface area contributed by atoms with Crippen LogP contribution in [0.4, 0.5) is 0 Å². The lowest BCUT2D eigenvalue weighted by atomic mass is 9.44. The minimum Gasteiger partial charge on any atom is -0.456 e. The van der Waals surface area contributed by atoms with E-state index in [1.807, 2.05) is 31.2 Å². The predicted molar refractivity (Wildman–Crippen MR) is 232 cm³/mol. The number of hydrogen-bond donors (Lipinski definition) is 2. The molecule has 15 heteroatoms. The maximum absolute atomic E-state index is 15.7. The number of allylic oxidation sites excluding steroid dienone is 3. The van der Waals surface area contributed by atoms with E-state index in [-0.39, 0.29) is 35.6 Å². The molecule has 2 aromatic carbocycles. The maximum Gasteiger partial charge on any atom is 0.480 e. The number of ketones is 1. The van der Waals surface area contributed by atoms with Crippen molar-refractivity contribution in [2.75, 3.05) is 6.61 Å². The highest BCUT2D eigenvalue weighted by Crippen LogP contribution is 2.64. The van der Waals surface area contributed by atoms with Gasteiger partial charge in [0.25, 0.3) is 11.5 Å². The van der Waals surface area contributed by atoms with Crippen molar-refractivity contribution in [3.05, 3.63) is 107 Å². The number of esters is 4. The monoisotopic (exact) mass is 896 g/mol. The molecular weight excluding hydrogens is 839 g/mol. The molecule has 15 nitrogen and oxygen atoms in total. The van der Waals surface area contributed by atoms with Crippen LogP contribution in [0.3, 0.4) is 0 Å². The molecule has 2 bridgehead atoms. The van der Waals surface area contributed by atoms with Crippen molar-refractivity contribution < 1.29 is 67.4 Å². The average molecular weight is 897 g/mol. The number of aliphatic hydroxyl groups is 2. The molecule has 2 aromatic rings. The summed E-state index contributed by atoms with van der Waals surface area (Å²) in [5, 5.41) is 26.0. The second-order valence-electron chi connectivity index (χ2n) is 19.4. The van der Waals surface area contributed by atoms with Gasteiger partial charge in [-0.15, -0.1) is 0 Å². The number of fused-ring (bicyclic) bond motifs is 5. The number of aliphatic hydroxyl groups excluding tert-OH is 1. The van der Waals surface area contributed by atoms with E-state index in [2.05, 4.69) is 0 Å². The van der Waals surface area contributed by atoms with Crippen molar-refractivity contribution >= 4 is 35.6 Å². The van der Waals surface area contributed by atoms with Crippen LogP contribution in [0.1, 0.15) is 95.4 Å². The fraction of sp³-hybridized carbons (Fsp3) is 0.520. The highest BCUT2D eigenvalue weighted by molar-refractivity contribution is 5.96. The lowest BCUT2D eigenvalue weighted by Crippen LogP contribution is -2.82. The Morgan fingerprint density at radius 1 is 0.908 bits per heavy atom. The van der Waals surface area contributed by atoms with Crippen LogP contribution < -0.4 is 0 Å². The molecule has 4 aliphatic carbocycles. The lowest BCUT2D eigenvalue weighted by molar-refractivity contribution is -0.339. The second kappa shape index (κ2) is 16.4. The Bertz CT molecular complexity index is 2380. The molecule has 0 aromatic heterocycles. The summed E-state index contributed by atoms with van der Waals surface area (Å²) >= 11 is 0. The molecule has 346 valence electrons. The van der Waals surface area contributed by atoms with Crippen LogP contribution in [0, 0.1) is 22.2 Å². The van der Waals surface area contributed by atoms with Crippen molar-refractivity contribution in [3.8, 4) is 0 Å².